The molecule has 1 heterocycles. The van der Waals surface area contributed by atoms with Crippen LogP contribution in [0, 0.1) is 17.0 Å². The average molecular weight is 297 g/mol. The van der Waals surface area contributed by atoms with Crippen LogP contribution in [0.2, 0.25) is 0 Å². The van der Waals surface area contributed by atoms with Gasteiger partial charge in [0.1, 0.15) is 0 Å². The van der Waals surface area contributed by atoms with E-state index in [-0.39, 0.29) is 21.2 Å². The van der Waals surface area contributed by atoms with Crippen molar-refractivity contribution in [2.75, 3.05) is 0 Å². The van der Waals surface area contributed by atoms with Crippen LogP contribution < -0.4 is 0 Å². The first-order valence-corrected chi connectivity index (χ1v) is 7.93. The molecule has 0 fully saturated rings. The van der Waals surface area contributed by atoms with Crippen LogP contribution in [0.15, 0.2) is 40.6 Å². The van der Waals surface area contributed by atoms with Crippen molar-refractivity contribution in [3.63, 3.8) is 0 Å². The van der Waals surface area contributed by atoms with Gasteiger partial charge >= 0.3 is 5.00 Å². The third-order valence-electron chi connectivity index (χ3n) is 2.62. The normalized spacial score (nSPS) is 11.4. The Morgan fingerprint density at radius 2 is 1.84 bits per heavy atom. The van der Waals surface area contributed by atoms with E-state index in [1.807, 2.05) is 6.92 Å². The van der Waals surface area contributed by atoms with Crippen molar-refractivity contribution in [1.82, 2.24) is 0 Å². The number of nitrogens with zero attached hydrogens (tertiary/aromatic N) is 1. The van der Waals surface area contributed by atoms with Crippen molar-refractivity contribution in [2.45, 2.75) is 17.6 Å². The molecule has 0 bridgehead atoms. The molecule has 0 N–H and O–H groups in total. The molecule has 0 saturated carbocycles. The highest BCUT2D eigenvalue weighted by Gasteiger charge is 2.23. The summed E-state index contributed by atoms with van der Waals surface area (Å²) in [4.78, 5) is 10.4. The van der Waals surface area contributed by atoms with E-state index < -0.39 is 14.8 Å². The molecule has 0 spiro atoms. The molecule has 0 unspecified atom stereocenters. The Morgan fingerprint density at radius 3 is 2.42 bits per heavy atom. The molecule has 0 aliphatic heterocycles. The molecule has 19 heavy (non-hydrogen) atoms. The Labute approximate surface area is 114 Å². The second kappa shape index (κ2) is 5.10. The van der Waals surface area contributed by atoms with Gasteiger partial charge in [0.25, 0.3) is 0 Å². The highest BCUT2D eigenvalue weighted by atomic mass is 32.2. The van der Waals surface area contributed by atoms with Crippen molar-refractivity contribution < 1.29 is 13.3 Å². The van der Waals surface area contributed by atoms with E-state index in [0.29, 0.717) is 0 Å². The maximum Gasteiger partial charge on any atom is 0.328 e. The van der Waals surface area contributed by atoms with Gasteiger partial charge in [-0.25, -0.2) is 8.42 Å². The molecule has 0 aliphatic carbocycles. The SMILES string of the molecule is Cc1ccc(S(=O)(=O)Cc2ccsc2[N+](=O)[O-])cc1. The molecule has 2 rings (SSSR count). The van der Waals surface area contributed by atoms with Crippen molar-refractivity contribution in [3.8, 4) is 0 Å². The van der Waals surface area contributed by atoms with E-state index in [2.05, 4.69) is 0 Å². The highest BCUT2D eigenvalue weighted by Crippen LogP contribution is 2.29. The summed E-state index contributed by atoms with van der Waals surface area (Å²) < 4.78 is 24.3. The Morgan fingerprint density at radius 1 is 1.21 bits per heavy atom. The molecular weight excluding hydrogens is 286 g/mol. The summed E-state index contributed by atoms with van der Waals surface area (Å²) in [5.41, 5.74) is 1.19. The van der Waals surface area contributed by atoms with Gasteiger partial charge in [-0.15, -0.1) is 0 Å². The number of sulfone groups is 1. The molecule has 0 atom stereocenters. The molecule has 7 heteroatoms. The number of thiophene rings is 1. The summed E-state index contributed by atoms with van der Waals surface area (Å²) >= 11 is 0.932. The van der Waals surface area contributed by atoms with Crippen molar-refractivity contribution in [3.05, 3.63) is 57.0 Å². The summed E-state index contributed by atoms with van der Waals surface area (Å²) in [6.07, 6.45) is 0. The fraction of sp³-hybridized carbons (Fsp3) is 0.167. The lowest BCUT2D eigenvalue weighted by Gasteiger charge is -2.03. The molecule has 0 saturated heterocycles. The maximum absolute atomic E-state index is 12.2. The molecule has 1 aromatic carbocycles. The minimum Gasteiger partial charge on any atom is -0.258 e. The minimum absolute atomic E-state index is 0.115. The van der Waals surface area contributed by atoms with Gasteiger partial charge in [-0.1, -0.05) is 29.0 Å². The number of hydrogen-bond acceptors (Lipinski definition) is 5. The second-order valence-electron chi connectivity index (χ2n) is 4.08. The standard InChI is InChI=1S/C12H11NO4S2/c1-9-2-4-11(5-3-9)19(16,17)8-10-6-7-18-12(10)13(14)15/h2-7H,8H2,1H3. The predicted molar refractivity (Wildman–Crippen MR) is 73.0 cm³/mol. The lowest BCUT2D eigenvalue weighted by molar-refractivity contribution is -0.380. The Kier molecular flexibility index (Phi) is 3.68. The fourth-order valence-corrected chi connectivity index (χ4v) is 3.82. The highest BCUT2D eigenvalue weighted by molar-refractivity contribution is 7.90. The number of nitro groups is 1. The number of benzene rings is 1. The van der Waals surface area contributed by atoms with E-state index in [9.17, 15) is 18.5 Å². The first-order chi connectivity index (χ1) is 8.90. The van der Waals surface area contributed by atoms with E-state index in [0.717, 1.165) is 16.9 Å². The third-order valence-corrected chi connectivity index (χ3v) is 5.20. The Hall–Kier alpha value is -1.73. The largest absolute Gasteiger partial charge is 0.328 e. The lowest BCUT2D eigenvalue weighted by Crippen LogP contribution is -2.05. The van der Waals surface area contributed by atoms with Gasteiger partial charge in [0.05, 0.1) is 21.1 Å². The van der Waals surface area contributed by atoms with Gasteiger partial charge < -0.3 is 0 Å². The summed E-state index contributed by atoms with van der Waals surface area (Å²) in [6.45, 7) is 1.86. The monoisotopic (exact) mass is 297 g/mol. The Balaban J connectivity index is 2.34. The topological polar surface area (TPSA) is 77.3 Å². The zero-order valence-corrected chi connectivity index (χ0v) is 11.7. The van der Waals surface area contributed by atoms with Crippen LogP contribution >= 0.6 is 11.3 Å². The molecule has 1 aromatic heterocycles. The van der Waals surface area contributed by atoms with E-state index in [4.69, 9.17) is 0 Å². The molecular formula is C12H11NO4S2. The zero-order valence-electron chi connectivity index (χ0n) is 10.1. The van der Waals surface area contributed by atoms with Crippen molar-refractivity contribution in [1.29, 1.82) is 0 Å². The fourth-order valence-electron chi connectivity index (χ4n) is 1.63. The van der Waals surface area contributed by atoms with E-state index in [1.54, 1.807) is 12.1 Å². The van der Waals surface area contributed by atoms with Gasteiger partial charge in [0, 0.05) is 0 Å². The summed E-state index contributed by atoms with van der Waals surface area (Å²) in [6, 6.07) is 7.92. The van der Waals surface area contributed by atoms with E-state index >= 15 is 0 Å². The van der Waals surface area contributed by atoms with E-state index in [1.165, 1.54) is 23.6 Å². The quantitative estimate of drug-likeness (QED) is 0.642. The third kappa shape index (κ3) is 2.99. The molecule has 0 radical (unpaired) electrons. The molecule has 100 valence electrons. The van der Waals surface area contributed by atoms with Crippen LogP contribution in [0.5, 0.6) is 0 Å². The van der Waals surface area contributed by atoms with Crippen LogP contribution in [-0.2, 0) is 15.6 Å². The van der Waals surface area contributed by atoms with Crippen molar-refractivity contribution >= 4 is 26.2 Å². The molecule has 5 nitrogen and oxygen atoms in total. The van der Waals surface area contributed by atoms with Crippen LogP contribution in [0.3, 0.4) is 0 Å². The van der Waals surface area contributed by atoms with Gasteiger partial charge in [-0.3, -0.25) is 10.1 Å². The number of hydrogen-bond donors (Lipinski definition) is 0. The molecule has 0 amide bonds. The van der Waals surface area contributed by atoms with Gasteiger partial charge in [0.15, 0.2) is 9.84 Å². The number of rotatable bonds is 4. The van der Waals surface area contributed by atoms with Crippen molar-refractivity contribution in [2.24, 2.45) is 0 Å². The summed E-state index contributed by atoms with van der Waals surface area (Å²) in [5.74, 6) is -0.351. The smallest absolute Gasteiger partial charge is 0.258 e. The summed E-state index contributed by atoms with van der Waals surface area (Å²) in [5, 5.41) is 12.2. The number of aryl methyl sites for hydroxylation is 1. The molecule has 2 aromatic rings. The first-order valence-electron chi connectivity index (χ1n) is 5.40. The van der Waals surface area contributed by atoms with Gasteiger partial charge in [0.2, 0.25) is 0 Å². The minimum atomic E-state index is -3.55. The lowest BCUT2D eigenvalue weighted by atomic mass is 10.2. The Bertz CT molecular complexity index is 702. The zero-order chi connectivity index (χ0) is 14.0. The summed E-state index contributed by atoms with van der Waals surface area (Å²) in [7, 11) is -3.55. The molecule has 0 aliphatic rings. The second-order valence-corrected chi connectivity index (χ2v) is 6.96. The van der Waals surface area contributed by atoms with Crippen LogP contribution in [0.4, 0.5) is 5.00 Å². The van der Waals surface area contributed by atoms with Crippen LogP contribution in [0.1, 0.15) is 11.1 Å². The van der Waals surface area contributed by atoms with Gasteiger partial charge in [-0.2, -0.15) is 0 Å². The maximum atomic E-state index is 12.2. The van der Waals surface area contributed by atoms with Gasteiger partial charge in [-0.05, 0) is 30.5 Å². The predicted octanol–water partition coefficient (Wildman–Crippen LogP) is 2.94. The first kappa shape index (κ1) is 13.7. The van der Waals surface area contributed by atoms with Crippen LogP contribution in [0.25, 0.3) is 0 Å². The van der Waals surface area contributed by atoms with Crippen LogP contribution in [-0.4, -0.2) is 13.3 Å². The average Bonchev–Trinajstić information content (AvgIpc) is 2.77.